The van der Waals surface area contributed by atoms with Crippen molar-refractivity contribution in [2.45, 2.75) is 25.3 Å². The number of carbonyl (C=O) groups is 1. The number of aromatic nitrogens is 3. The molecule has 0 radical (unpaired) electrons. The molecule has 124 valence electrons. The van der Waals surface area contributed by atoms with E-state index in [4.69, 9.17) is 4.42 Å². The molecular weight excluding hydrogens is 308 g/mol. The van der Waals surface area contributed by atoms with E-state index in [1.807, 2.05) is 30.0 Å². The number of aliphatic carboxylic acids is 1. The van der Waals surface area contributed by atoms with Gasteiger partial charge in [0, 0.05) is 38.3 Å². The molecule has 7 nitrogen and oxygen atoms in total. The molecule has 1 aliphatic rings. The van der Waals surface area contributed by atoms with Crippen molar-refractivity contribution in [3.05, 3.63) is 42.2 Å². The van der Waals surface area contributed by atoms with Gasteiger partial charge in [0.25, 0.3) is 6.01 Å². The summed E-state index contributed by atoms with van der Waals surface area (Å²) in [5.41, 5.74) is 1.71. The van der Waals surface area contributed by atoms with Gasteiger partial charge in [-0.15, -0.1) is 0 Å². The Balaban J connectivity index is 1.59. The van der Waals surface area contributed by atoms with Crippen LogP contribution in [0.25, 0.3) is 11.1 Å². The SMILES string of the molecule is Cc1ccc2oc(N3CCC(C(=O)O)(n4cccn4)CC3)nc2c1. The topological polar surface area (TPSA) is 84.4 Å². The number of hydrogen-bond acceptors (Lipinski definition) is 5. The Morgan fingerprint density at radius 3 is 2.79 bits per heavy atom. The van der Waals surface area contributed by atoms with Gasteiger partial charge >= 0.3 is 5.97 Å². The van der Waals surface area contributed by atoms with E-state index in [1.54, 1.807) is 23.1 Å². The summed E-state index contributed by atoms with van der Waals surface area (Å²) >= 11 is 0. The molecule has 1 aliphatic heterocycles. The second kappa shape index (κ2) is 5.36. The summed E-state index contributed by atoms with van der Waals surface area (Å²) < 4.78 is 7.38. The maximum atomic E-state index is 11.9. The van der Waals surface area contributed by atoms with Crippen molar-refractivity contribution in [2.24, 2.45) is 0 Å². The molecule has 1 aromatic carbocycles. The zero-order valence-corrected chi connectivity index (χ0v) is 13.3. The first kappa shape index (κ1) is 14.7. The van der Waals surface area contributed by atoms with Crippen LogP contribution in [-0.4, -0.2) is 38.9 Å². The van der Waals surface area contributed by atoms with Gasteiger partial charge in [0.15, 0.2) is 11.1 Å². The third-order valence-corrected chi connectivity index (χ3v) is 4.73. The Kier molecular flexibility index (Phi) is 3.30. The van der Waals surface area contributed by atoms with E-state index >= 15 is 0 Å². The number of fused-ring (bicyclic) bond motifs is 1. The summed E-state index contributed by atoms with van der Waals surface area (Å²) in [6.07, 6.45) is 4.22. The fraction of sp³-hybridized carbons (Fsp3) is 0.353. The molecule has 3 aromatic rings. The number of nitrogens with zero attached hydrogens (tertiary/aromatic N) is 4. The predicted octanol–water partition coefficient (Wildman–Crippen LogP) is 2.41. The molecular formula is C17H18N4O3. The van der Waals surface area contributed by atoms with Crippen molar-refractivity contribution in [1.29, 1.82) is 0 Å². The number of rotatable bonds is 3. The minimum Gasteiger partial charge on any atom is -0.479 e. The van der Waals surface area contributed by atoms with Crippen LogP contribution < -0.4 is 4.90 Å². The highest BCUT2D eigenvalue weighted by Crippen LogP contribution is 2.33. The molecule has 1 saturated heterocycles. The van der Waals surface area contributed by atoms with Gasteiger partial charge < -0.3 is 14.4 Å². The summed E-state index contributed by atoms with van der Waals surface area (Å²) in [6.45, 7) is 3.12. The molecule has 0 unspecified atom stereocenters. The quantitative estimate of drug-likeness (QED) is 0.795. The van der Waals surface area contributed by atoms with Crippen LogP contribution in [0.5, 0.6) is 0 Å². The van der Waals surface area contributed by atoms with Gasteiger partial charge in [0.2, 0.25) is 0 Å². The molecule has 3 heterocycles. The van der Waals surface area contributed by atoms with E-state index in [-0.39, 0.29) is 0 Å². The van der Waals surface area contributed by atoms with E-state index in [1.165, 1.54) is 0 Å². The monoisotopic (exact) mass is 326 g/mol. The number of aryl methyl sites for hydroxylation is 1. The molecule has 24 heavy (non-hydrogen) atoms. The average Bonchev–Trinajstić information content (AvgIpc) is 3.24. The van der Waals surface area contributed by atoms with Crippen molar-refractivity contribution in [3.63, 3.8) is 0 Å². The van der Waals surface area contributed by atoms with Crippen molar-refractivity contribution in [2.75, 3.05) is 18.0 Å². The first-order valence-corrected chi connectivity index (χ1v) is 7.94. The van der Waals surface area contributed by atoms with Gasteiger partial charge in [-0.2, -0.15) is 10.1 Å². The van der Waals surface area contributed by atoms with Crippen molar-refractivity contribution in [3.8, 4) is 0 Å². The fourth-order valence-corrected chi connectivity index (χ4v) is 3.29. The lowest BCUT2D eigenvalue weighted by Gasteiger charge is -2.38. The van der Waals surface area contributed by atoms with Gasteiger partial charge in [-0.1, -0.05) is 6.07 Å². The number of anilines is 1. The molecule has 1 N–H and O–H groups in total. The second-order valence-corrected chi connectivity index (χ2v) is 6.24. The summed E-state index contributed by atoms with van der Waals surface area (Å²) in [5, 5.41) is 13.9. The van der Waals surface area contributed by atoms with Crippen LogP contribution in [0.15, 0.2) is 41.1 Å². The maximum Gasteiger partial charge on any atom is 0.331 e. The van der Waals surface area contributed by atoms with E-state index in [9.17, 15) is 9.90 Å². The lowest BCUT2D eigenvalue weighted by molar-refractivity contribution is -0.149. The molecule has 0 bridgehead atoms. The Hall–Kier alpha value is -2.83. The van der Waals surface area contributed by atoms with E-state index in [0.717, 1.165) is 16.7 Å². The molecule has 0 amide bonds. The Labute approximate surface area is 138 Å². The van der Waals surface area contributed by atoms with Gasteiger partial charge in [-0.3, -0.25) is 4.68 Å². The molecule has 2 aromatic heterocycles. The Morgan fingerprint density at radius 1 is 1.33 bits per heavy atom. The highest BCUT2D eigenvalue weighted by Gasteiger charge is 2.44. The molecule has 0 aliphatic carbocycles. The lowest BCUT2D eigenvalue weighted by atomic mass is 9.88. The smallest absolute Gasteiger partial charge is 0.331 e. The standard InChI is InChI=1S/C17H18N4O3/c1-12-3-4-14-13(11-12)19-16(24-14)20-9-5-17(6-10-20,15(22)23)21-8-2-7-18-21/h2-4,7-8,11H,5-6,9-10H2,1H3,(H,22,23). The third kappa shape index (κ3) is 2.24. The number of benzene rings is 1. The molecule has 0 atom stereocenters. The summed E-state index contributed by atoms with van der Waals surface area (Å²) in [7, 11) is 0. The maximum absolute atomic E-state index is 11.9. The van der Waals surface area contributed by atoms with Gasteiger partial charge in [0.05, 0.1) is 0 Å². The minimum absolute atomic E-state index is 0.446. The molecule has 4 rings (SSSR count). The summed E-state index contributed by atoms with van der Waals surface area (Å²) in [6, 6.07) is 8.18. The van der Waals surface area contributed by atoms with Crippen LogP contribution in [-0.2, 0) is 10.3 Å². The molecule has 0 spiro atoms. The van der Waals surface area contributed by atoms with Crippen LogP contribution in [0, 0.1) is 6.92 Å². The number of hydrogen-bond donors (Lipinski definition) is 1. The van der Waals surface area contributed by atoms with Crippen LogP contribution in [0.3, 0.4) is 0 Å². The average molecular weight is 326 g/mol. The van der Waals surface area contributed by atoms with Gasteiger partial charge in [0.1, 0.15) is 5.52 Å². The molecule has 7 heteroatoms. The molecule has 1 fully saturated rings. The lowest BCUT2D eigenvalue weighted by Crippen LogP contribution is -2.51. The predicted molar refractivity (Wildman–Crippen MR) is 88.0 cm³/mol. The van der Waals surface area contributed by atoms with Crippen LogP contribution >= 0.6 is 0 Å². The Morgan fingerprint density at radius 2 is 2.12 bits per heavy atom. The van der Waals surface area contributed by atoms with Gasteiger partial charge in [-0.25, -0.2) is 4.79 Å². The Bertz CT molecular complexity index is 877. The van der Waals surface area contributed by atoms with Crippen molar-refractivity contribution in [1.82, 2.24) is 14.8 Å². The summed E-state index contributed by atoms with van der Waals surface area (Å²) in [5.74, 6) is -0.848. The zero-order chi connectivity index (χ0) is 16.7. The largest absolute Gasteiger partial charge is 0.479 e. The minimum atomic E-state index is -0.997. The van der Waals surface area contributed by atoms with Crippen molar-refractivity contribution < 1.29 is 14.3 Å². The first-order valence-electron chi connectivity index (χ1n) is 7.94. The second-order valence-electron chi connectivity index (χ2n) is 6.24. The van der Waals surface area contributed by atoms with Crippen LogP contribution in [0.1, 0.15) is 18.4 Å². The highest BCUT2D eigenvalue weighted by atomic mass is 16.4. The van der Waals surface area contributed by atoms with E-state index in [0.29, 0.717) is 31.9 Å². The number of carboxylic acid groups (broad SMARTS) is 1. The van der Waals surface area contributed by atoms with Crippen molar-refractivity contribution >= 4 is 23.1 Å². The fourth-order valence-electron chi connectivity index (χ4n) is 3.29. The van der Waals surface area contributed by atoms with E-state index < -0.39 is 11.5 Å². The van der Waals surface area contributed by atoms with Gasteiger partial charge in [-0.05, 0) is 30.7 Å². The zero-order valence-electron chi connectivity index (χ0n) is 13.3. The first-order chi connectivity index (χ1) is 11.6. The third-order valence-electron chi connectivity index (χ3n) is 4.73. The van der Waals surface area contributed by atoms with E-state index in [2.05, 4.69) is 10.1 Å². The van der Waals surface area contributed by atoms with Crippen LogP contribution in [0.2, 0.25) is 0 Å². The normalized spacial score (nSPS) is 17.3. The molecule has 0 saturated carbocycles. The number of oxazole rings is 1. The number of carboxylic acids is 1. The van der Waals surface area contributed by atoms with Crippen LogP contribution in [0.4, 0.5) is 6.01 Å². The number of piperidine rings is 1. The summed E-state index contributed by atoms with van der Waals surface area (Å²) in [4.78, 5) is 18.4. The highest BCUT2D eigenvalue weighted by molar-refractivity contribution is 5.78.